The number of non-ortho nitro benzene ring substituents is 1. The van der Waals surface area contributed by atoms with Crippen molar-refractivity contribution < 1.29 is 33.9 Å². The second-order valence-corrected chi connectivity index (χ2v) is 18.6. The Hall–Kier alpha value is -4.47. The molecule has 0 radical (unpaired) electrons. The van der Waals surface area contributed by atoms with E-state index >= 15 is 0 Å². The molecule has 13 nitrogen and oxygen atoms in total. The second kappa shape index (κ2) is 13.3. The van der Waals surface area contributed by atoms with Gasteiger partial charge in [-0.25, -0.2) is 0 Å². The Morgan fingerprint density at radius 1 is 1.10 bits per heavy atom. The van der Waals surface area contributed by atoms with Crippen molar-refractivity contribution in [1.82, 2.24) is 10.2 Å². The summed E-state index contributed by atoms with van der Waals surface area (Å²) < 4.78 is 6.81. The number of anilines is 2. The smallest absolute Gasteiger partial charge is 0.269 e. The number of fused-ring (bicyclic) bond motifs is 3. The molecule has 14 heteroatoms. The fourth-order valence-electron chi connectivity index (χ4n) is 8.71. The Morgan fingerprint density at radius 2 is 1.82 bits per heavy atom. The molecule has 2 saturated heterocycles. The van der Waals surface area contributed by atoms with Gasteiger partial charge in [-0.15, -0.1) is 0 Å². The van der Waals surface area contributed by atoms with Crippen molar-refractivity contribution in [3.8, 4) is 0 Å². The van der Waals surface area contributed by atoms with Crippen LogP contribution >= 0.6 is 0 Å². The van der Waals surface area contributed by atoms with Crippen LogP contribution in [0.1, 0.15) is 35.6 Å². The van der Waals surface area contributed by atoms with Crippen LogP contribution in [0.5, 0.6) is 0 Å². The molecule has 0 unspecified atom stereocenters. The highest BCUT2D eigenvalue weighted by Gasteiger charge is 2.66. The lowest BCUT2D eigenvalue weighted by molar-refractivity contribution is -0.385. The maximum absolute atomic E-state index is 14.9. The van der Waals surface area contributed by atoms with E-state index in [1.54, 1.807) is 33.9 Å². The molecule has 0 bridgehead atoms. The number of rotatable bonds is 8. The van der Waals surface area contributed by atoms with E-state index in [1.165, 1.54) is 12.1 Å². The molecule has 2 fully saturated rings. The zero-order chi connectivity index (χ0) is 36.2. The van der Waals surface area contributed by atoms with Crippen molar-refractivity contribution in [2.45, 2.75) is 69.2 Å². The molecule has 4 aliphatic heterocycles. The SMILES string of the molecule is C[C@H]1[C@H]([Si](C)(C)O)[C@@H](CC(=O)N2Cc3ccccc3C[C@H]2CO)O[C@]12C(=O)N(Cc1ccc(N3CCNCC3=O)cc1)c1ccc([N+](=O)[O-])cc12. The van der Waals surface area contributed by atoms with Crippen molar-refractivity contribution in [1.29, 1.82) is 0 Å². The van der Waals surface area contributed by atoms with Gasteiger partial charge in [0.15, 0.2) is 13.9 Å². The predicted octanol–water partition coefficient (Wildman–Crippen LogP) is 3.21. The summed E-state index contributed by atoms with van der Waals surface area (Å²) in [7, 11) is -3.14. The van der Waals surface area contributed by atoms with E-state index in [1.807, 2.05) is 55.5 Å². The lowest BCUT2D eigenvalue weighted by Crippen LogP contribution is -2.48. The number of piperazine rings is 1. The monoisotopic (exact) mass is 713 g/mol. The van der Waals surface area contributed by atoms with Crippen molar-refractivity contribution in [3.05, 3.63) is 99.1 Å². The number of nitrogens with one attached hydrogen (secondary N) is 1. The number of carbonyl (C=O) groups is 3. The zero-order valence-electron chi connectivity index (χ0n) is 28.9. The average molecular weight is 714 g/mol. The molecule has 0 saturated carbocycles. The summed E-state index contributed by atoms with van der Waals surface area (Å²) in [6.07, 6.45) is -0.483. The van der Waals surface area contributed by atoms with Crippen LogP contribution in [0, 0.1) is 16.0 Å². The molecule has 4 aliphatic rings. The van der Waals surface area contributed by atoms with Gasteiger partial charge in [-0.3, -0.25) is 24.5 Å². The van der Waals surface area contributed by atoms with E-state index in [2.05, 4.69) is 5.32 Å². The summed E-state index contributed by atoms with van der Waals surface area (Å²) in [5.74, 6) is -1.32. The van der Waals surface area contributed by atoms with Crippen LogP contribution in [0.25, 0.3) is 0 Å². The second-order valence-electron chi connectivity index (χ2n) is 14.6. The number of amides is 3. The van der Waals surface area contributed by atoms with E-state index in [4.69, 9.17) is 4.74 Å². The molecule has 3 N–H and O–H groups in total. The van der Waals surface area contributed by atoms with Crippen LogP contribution in [0.3, 0.4) is 0 Å². The Morgan fingerprint density at radius 3 is 2.49 bits per heavy atom. The summed E-state index contributed by atoms with van der Waals surface area (Å²) >= 11 is 0. The van der Waals surface area contributed by atoms with E-state index in [9.17, 15) is 34.4 Å². The van der Waals surface area contributed by atoms with Gasteiger partial charge in [0.05, 0.1) is 48.9 Å². The topological polar surface area (TPSA) is 166 Å². The number of nitro benzene ring substituents is 1. The fraction of sp³-hybridized carbons (Fsp3) is 0.432. The minimum Gasteiger partial charge on any atom is -0.432 e. The number of nitro groups is 1. The first-order chi connectivity index (χ1) is 24.3. The number of hydrogen-bond acceptors (Lipinski definition) is 9. The Balaban J connectivity index is 1.22. The molecule has 51 heavy (non-hydrogen) atoms. The van der Waals surface area contributed by atoms with Crippen LogP contribution in [-0.2, 0) is 44.2 Å². The molecule has 0 aromatic heterocycles. The summed E-state index contributed by atoms with van der Waals surface area (Å²) in [4.78, 5) is 69.6. The van der Waals surface area contributed by atoms with Crippen LogP contribution in [0.2, 0.25) is 18.6 Å². The van der Waals surface area contributed by atoms with Crippen molar-refractivity contribution in [2.75, 3.05) is 36.0 Å². The first-order valence-electron chi connectivity index (χ1n) is 17.4. The first-order valence-corrected chi connectivity index (χ1v) is 20.4. The number of ether oxygens (including phenoxy) is 1. The summed E-state index contributed by atoms with van der Waals surface area (Å²) in [6.45, 7) is 7.10. The largest absolute Gasteiger partial charge is 0.432 e. The summed E-state index contributed by atoms with van der Waals surface area (Å²) in [5, 5.41) is 25.3. The van der Waals surface area contributed by atoms with Crippen molar-refractivity contribution >= 4 is 43.1 Å². The average Bonchev–Trinajstić information content (AvgIpc) is 3.53. The number of hydrogen-bond donors (Lipinski definition) is 3. The van der Waals surface area contributed by atoms with Gasteiger partial charge in [-0.1, -0.05) is 43.3 Å². The lowest BCUT2D eigenvalue weighted by Gasteiger charge is -2.37. The molecule has 3 aromatic rings. The molecule has 4 heterocycles. The van der Waals surface area contributed by atoms with Crippen molar-refractivity contribution in [3.63, 3.8) is 0 Å². The van der Waals surface area contributed by atoms with Gasteiger partial charge in [-0.05, 0) is 54.4 Å². The Kier molecular flexibility index (Phi) is 9.08. The molecule has 0 aliphatic carbocycles. The molecule has 5 atom stereocenters. The molecule has 7 rings (SSSR count). The van der Waals surface area contributed by atoms with Crippen LogP contribution in [0.4, 0.5) is 17.1 Å². The standard InChI is InChI=1S/C37H43N5O8Si/c1-23-35(51(2,3)49)32(18-33(44)40-21-26-7-5-4-6-25(26)16-29(40)22-43)50-37(23)30-17-28(42(47)48)12-13-31(30)41(36(37)46)20-24-8-10-27(11-9-24)39-15-14-38-19-34(39)45/h4-13,17,23,29,32,35,38,43,49H,14-16,18-22H2,1-3H3/t23-,29-,32+,35-,37+/m0/s1. The fourth-order valence-corrected chi connectivity index (χ4v) is 11.3. The van der Waals surface area contributed by atoms with Gasteiger partial charge in [-0.2, -0.15) is 0 Å². The van der Waals surface area contributed by atoms with E-state index in [0.29, 0.717) is 37.3 Å². The van der Waals surface area contributed by atoms with Gasteiger partial charge < -0.3 is 34.7 Å². The van der Waals surface area contributed by atoms with Gasteiger partial charge in [0.2, 0.25) is 11.8 Å². The normalized spacial score (nSPS) is 26.1. The van der Waals surface area contributed by atoms with Crippen LogP contribution in [0.15, 0.2) is 66.7 Å². The molecule has 3 amide bonds. The van der Waals surface area contributed by atoms with E-state index in [-0.39, 0.29) is 43.6 Å². The third kappa shape index (κ3) is 6.04. The van der Waals surface area contributed by atoms with E-state index in [0.717, 1.165) is 22.4 Å². The molecular formula is C37H43N5O8Si. The van der Waals surface area contributed by atoms with Crippen LogP contribution in [-0.4, -0.2) is 84.2 Å². The molecule has 268 valence electrons. The number of aliphatic hydroxyl groups is 1. The van der Waals surface area contributed by atoms with Gasteiger partial charge >= 0.3 is 0 Å². The quantitative estimate of drug-likeness (QED) is 0.181. The third-order valence-corrected chi connectivity index (χ3v) is 13.6. The predicted molar refractivity (Wildman–Crippen MR) is 191 cm³/mol. The number of carbonyl (C=O) groups excluding carboxylic acids is 3. The maximum Gasteiger partial charge on any atom is 0.269 e. The number of aliphatic hydroxyl groups excluding tert-OH is 1. The minimum atomic E-state index is -3.14. The summed E-state index contributed by atoms with van der Waals surface area (Å²) in [5.41, 5.74) is 1.97. The molecular weight excluding hydrogens is 671 g/mol. The van der Waals surface area contributed by atoms with Crippen molar-refractivity contribution in [2.24, 2.45) is 5.92 Å². The third-order valence-electron chi connectivity index (χ3n) is 11.1. The summed E-state index contributed by atoms with van der Waals surface area (Å²) in [6, 6.07) is 19.1. The minimum absolute atomic E-state index is 0.0245. The zero-order valence-corrected chi connectivity index (χ0v) is 29.9. The van der Waals surface area contributed by atoms with E-state index < -0.39 is 48.4 Å². The highest BCUT2D eigenvalue weighted by atomic mass is 28.4. The Bertz CT molecular complexity index is 1880. The molecule has 3 aromatic carbocycles. The number of benzene rings is 3. The van der Waals surface area contributed by atoms with Gasteiger partial charge in [0, 0.05) is 54.5 Å². The highest BCUT2D eigenvalue weighted by molar-refractivity contribution is 6.71. The van der Waals surface area contributed by atoms with Gasteiger partial charge in [0.1, 0.15) is 0 Å². The van der Waals surface area contributed by atoms with Crippen LogP contribution < -0.4 is 15.1 Å². The maximum atomic E-state index is 14.9. The highest BCUT2D eigenvalue weighted by Crippen LogP contribution is 2.60. The van der Waals surface area contributed by atoms with Gasteiger partial charge in [0.25, 0.3) is 11.6 Å². The lowest BCUT2D eigenvalue weighted by atomic mass is 9.82. The number of nitrogens with zero attached hydrogens (tertiary/aromatic N) is 4. The molecule has 1 spiro atoms. The Labute approximate surface area is 297 Å². The first kappa shape index (κ1) is 35.0.